The van der Waals surface area contributed by atoms with Gasteiger partial charge in [0, 0.05) is 45.0 Å². The van der Waals surface area contributed by atoms with Gasteiger partial charge in [0.2, 0.25) is 0 Å². The molecule has 8 heteroatoms. The molecule has 0 aromatic carbocycles. The summed E-state index contributed by atoms with van der Waals surface area (Å²) >= 11 is 0. The Morgan fingerprint density at radius 3 is 2.70 bits per heavy atom. The molecule has 1 saturated carbocycles. The maximum absolute atomic E-state index is 13.2. The second kappa shape index (κ2) is 8.67. The highest BCUT2D eigenvalue weighted by Crippen LogP contribution is 2.48. The molecule has 8 nitrogen and oxygen atoms in total. The van der Waals surface area contributed by atoms with Crippen molar-refractivity contribution in [1.29, 1.82) is 0 Å². The fraction of sp³-hybridized carbons (Fsp3) is 0.773. The Morgan fingerprint density at radius 2 is 2.03 bits per heavy atom. The third-order valence-corrected chi connectivity index (χ3v) is 7.48. The molecule has 0 radical (unpaired) electrons. The van der Waals surface area contributed by atoms with Crippen molar-refractivity contribution in [2.45, 2.75) is 45.6 Å². The van der Waals surface area contributed by atoms with Crippen LogP contribution in [0, 0.1) is 18.3 Å². The van der Waals surface area contributed by atoms with Crippen molar-refractivity contribution in [3.8, 4) is 0 Å². The van der Waals surface area contributed by atoms with Gasteiger partial charge in [0.25, 0.3) is 5.91 Å². The van der Waals surface area contributed by atoms with Crippen molar-refractivity contribution in [3.63, 3.8) is 0 Å². The molecule has 3 aliphatic rings. The number of esters is 1. The summed E-state index contributed by atoms with van der Waals surface area (Å²) in [4.78, 5) is 30.8. The van der Waals surface area contributed by atoms with Gasteiger partial charge in [0.15, 0.2) is 0 Å². The highest BCUT2D eigenvalue weighted by atomic mass is 16.5. The number of fused-ring (bicyclic) bond motifs is 1. The molecule has 2 aliphatic heterocycles. The molecule has 1 aliphatic carbocycles. The molecule has 0 N–H and O–H groups in total. The van der Waals surface area contributed by atoms with E-state index >= 15 is 0 Å². The maximum atomic E-state index is 13.2. The fourth-order valence-electron chi connectivity index (χ4n) is 5.57. The van der Waals surface area contributed by atoms with Gasteiger partial charge in [-0.2, -0.15) is 5.10 Å². The zero-order valence-corrected chi connectivity index (χ0v) is 18.4. The largest absolute Gasteiger partial charge is 0.466 e. The van der Waals surface area contributed by atoms with Crippen LogP contribution in [0.5, 0.6) is 0 Å². The lowest BCUT2D eigenvalue weighted by Gasteiger charge is -2.52. The van der Waals surface area contributed by atoms with Crippen molar-refractivity contribution >= 4 is 11.9 Å². The highest BCUT2D eigenvalue weighted by Gasteiger charge is 2.54. The minimum Gasteiger partial charge on any atom is -0.466 e. The fourth-order valence-corrected chi connectivity index (χ4v) is 5.57. The van der Waals surface area contributed by atoms with Gasteiger partial charge >= 0.3 is 5.97 Å². The smallest absolute Gasteiger partial charge is 0.314 e. The normalized spacial score (nSPS) is 30.0. The highest BCUT2D eigenvalue weighted by molar-refractivity contribution is 5.95. The molecule has 3 heterocycles. The molecule has 4 rings (SSSR count). The van der Waals surface area contributed by atoms with Crippen molar-refractivity contribution in [1.82, 2.24) is 19.6 Å². The maximum Gasteiger partial charge on any atom is 0.314 e. The lowest BCUT2D eigenvalue weighted by atomic mass is 9.61. The zero-order valence-electron chi connectivity index (χ0n) is 18.4. The van der Waals surface area contributed by atoms with Crippen LogP contribution in [-0.4, -0.2) is 83.5 Å². The number of aromatic nitrogens is 2. The van der Waals surface area contributed by atoms with Crippen LogP contribution in [0.3, 0.4) is 0 Å². The minimum absolute atomic E-state index is 0.0296. The topological polar surface area (TPSA) is 76.9 Å². The van der Waals surface area contributed by atoms with Gasteiger partial charge < -0.3 is 14.4 Å². The van der Waals surface area contributed by atoms with E-state index in [-0.39, 0.29) is 17.8 Å². The summed E-state index contributed by atoms with van der Waals surface area (Å²) in [6, 6.07) is 0.490. The molecule has 30 heavy (non-hydrogen) atoms. The van der Waals surface area contributed by atoms with Crippen LogP contribution >= 0.6 is 0 Å². The van der Waals surface area contributed by atoms with Crippen molar-refractivity contribution in [3.05, 3.63) is 17.5 Å². The Labute approximate surface area is 178 Å². The van der Waals surface area contributed by atoms with Crippen LogP contribution in [-0.2, 0) is 21.3 Å². The summed E-state index contributed by atoms with van der Waals surface area (Å²) in [6.07, 6.45) is 5.20. The monoisotopic (exact) mass is 418 g/mol. The van der Waals surface area contributed by atoms with Gasteiger partial charge in [-0.05, 0) is 45.4 Å². The average molecular weight is 419 g/mol. The van der Waals surface area contributed by atoms with E-state index in [0.717, 1.165) is 57.7 Å². The first-order valence-electron chi connectivity index (χ1n) is 11.2. The first-order chi connectivity index (χ1) is 14.5. The summed E-state index contributed by atoms with van der Waals surface area (Å²) in [5, 5.41) is 4.22. The van der Waals surface area contributed by atoms with Crippen LogP contribution in [0.2, 0.25) is 0 Å². The Morgan fingerprint density at radius 1 is 1.27 bits per heavy atom. The number of aryl methyl sites for hydroxylation is 1. The quantitative estimate of drug-likeness (QED) is 0.692. The Bertz CT molecular complexity index is 788. The third-order valence-electron chi connectivity index (χ3n) is 7.48. The van der Waals surface area contributed by atoms with Gasteiger partial charge in [-0.1, -0.05) is 0 Å². The van der Waals surface area contributed by atoms with Gasteiger partial charge in [-0.25, -0.2) is 0 Å². The Balaban J connectivity index is 1.54. The molecular weight excluding hydrogens is 384 g/mol. The van der Waals surface area contributed by atoms with E-state index in [2.05, 4.69) is 10.00 Å². The number of hydrogen-bond donors (Lipinski definition) is 0. The molecular formula is C22H34N4O4. The van der Waals surface area contributed by atoms with E-state index in [9.17, 15) is 9.59 Å². The Kier molecular flexibility index (Phi) is 6.16. The minimum atomic E-state index is -0.594. The van der Waals surface area contributed by atoms with Crippen LogP contribution < -0.4 is 0 Å². The number of hydrogen-bond acceptors (Lipinski definition) is 6. The lowest BCUT2D eigenvalue weighted by molar-refractivity contribution is -0.168. The van der Waals surface area contributed by atoms with E-state index in [1.807, 2.05) is 25.8 Å². The van der Waals surface area contributed by atoms with Crippen LogP contribution in [0.1, 0.15) is 48.7 Å². The van der Waals surface area contributed by atoms with Gasteiger partial charge in [-0.15, -0.1) is 0 Å². The van der Waals surface area contributed by atoms with Gasteiger partial charge in [-0.3, -0.25) is 19.2 Å². The first kappa shape index (κ1) is 21.3. The van der Waals surface area contributed by atoms with Crippen molar-refractivity contribution in [2.75, 3.05) is 46.0 Å². The van der Waals surface area contributed by atoms with E-state index in [1.165, 1.54) is 0 Å². The zero-order chi connectivity index (χ0) is 21.3. The number of rotatable bonds is 4. The summed E-state index contributed by atoms with van der Waals surface area (Å²) in [7, 11) is 1.84. The number of morpholine rings is 1. The number of nitrogens with zero attached hydrogens (tertiary/aromatic N) is 4. The number of carbonyl (C=O) groups excluding carboxylic acids is 2. The molecule has 2 saturated heterocycles. The molecule has 1 amide bonds. The number of carbonyl (C=O) groups is 2. The van der Waals surface area contributed by atoms with Gasteiger partial charge in [0.1, 0.15) is 0 Å². The van der Waals surface area contributed by atoms with Crippen LogP contribution in [0.25, 0.3) is 0 Å². The van der Waals surface area contributed by atoms with Crippen molar-refractivity contribution < 1.29 is 19.1 Å². The van der Waals surface area contributed by atoms with E-state index < -0.39 is 5.41 Å². The van der Waals surface area contributed by atoms with E-state index in [4.69, 9.17) is 9.47 Å². The lowest BCUT2D eigenvalue weighted by Crippen LogP contribution is -2.59. The molecule has 0 unspecified atom stereocenters. The van der Waals surface area contributed by atoms with Crippen LogP contribution in [0.15, 0.2) is 6.20 Å². The summed E-state index contributed by atoms with van der Waals surface area (Å²) in [5.74, 6) is 0.0889. The summed E-state index contributed by atoms with van der Waals surface area (Å²) in [5.41, 5.74) is 0.878. The van der Waals surface area contributed by atoms with E-state index in [0.29, 0.717) is 31.3 Å². The summed E-state index contributed by atoms with van der Waals surface area (Å²) < 4.78 is 12.8. The Hall–Kier alpha value is -1.93. The molecule has 0 bridgehead atoms. The molecule has 3 atom stereocenters. The molecule has 0 spiro atoms. The molecule has 166 valence electrons. The predicted octanol–water partition coefficient (Wildman–Crippen LogP) is 1.62. The molecule has 1 aromatic heterocycles. The molecule has 1 aromatic rings. The van der Waals surface area contributed by atoms with Gasteiger partial charge in [0.05, 0.1) is 37.0 Å². The first-order valence-corrected chi connectivity index (χ1v) is 11.2. The standard InChI is InChI=1S/C22H34N4O4/c1-4-30-21(28)22-7-5-18(25-9-11-29-12-10-25)13-17(22)6-8-26(15-22)20(27)19-14-23-24(3)16(19)2/h14,17-18H,4-13,15H2,1-3H3/t17-,18+,22-/m1/s1. The summed E-state index contributed by atoms with van der Waals surface area (Å²) in [6.45, 7) is 8.76. The number of piperidine rings is 1. The second-order valence-electron chi connectivity index (χ2n) is 8.93. The number of likely N-dealkylation sites (tertiary alicyclic amines) is 1. The number of amides is 1. The second-order valence-corrected chi connectivity index (χ2v) is 8.93. The van der Waals surface area contributed by atoms with E-state index in [1.54, 1.807) is 10.9 Å². The predicted molar refractivity (Wildman–Crippen MR) is 111 cm³/mol. The SMILES string of the molecule is CCOC(=O)[C@@]12CC[C@H](N3CCOCC3)C[C@H]1CCN(C(=O)c1cnn(C)c1C)C2. The third kappa shape index (κ3) is 3.75. The average Bonchev–Trinajstić information content (AvgIpc) is 3.11. The number of ether oxygens (including phenoxy) is 2. The molecule has 3 fully saturated rings. The van der Waals surface area contributed by atoms with Crippen LogP contribution in [0.4, 0.5) is 0 Å². The van der Waals surface area contributed by atoms with Crippen molar-refractivity contribution in [2.24, 2.45) is 18.4 Å².